The number of carbonyl (C=O) groups is 2. The third-order valence-corrected chi connectivity index (χ3v) is 3.95. The maximum Gasteiger partial charge on any atom is 0.307 e. The van der Waals surface area contributed by atoms with Crippen LogP contribution in [0, 0.1) is 23.7 Å². The molecule has 16 heavy (non-hydrogen) atoms. The zero-order valence-corrected chi connectivity index (χ0v) is 9.85. The molecule has 0 aliphatic heterocycles. The molecule has 4 unspecified atom stereocenters. The number of hydrogen-bond acceptors (Lipinski definition) is 2. The Bertz CT molecular complexity index is 246. The molecule has 1 aliphatic rings. The molecule has 4 nitrogen and oxygen atoms in total. The molecule has 0 spiro atoms. The van der Waals surface area contributed by atoms with Crippen LogP contribution in [0.4, 0.5) is 0 Å². The molecule has 4 heteroatoms. The summed E-state index contributed by atoms with van der Waals surface area (Å²) in [5.74, 6) is -2.60. The molecule has 0 aromatic rings. The summed E-state index contributed by atoms with van der Waals surface area (Å²) in [5, 5.41) is 18.1. The standard InChI is InChI=1S/C12H20O4/c1-3-7-5-9(11(13)14)10(12(15)16)6-8(7)4-2/h7-10H,3-6H2,1-2H3,(H,13,14)(H,15,16). The Balaban J connectivity index is 2.84. The summed E-state index contributed by atoms with van der Waals surface area (Å²) >= 11 is 0. The smallest absolute Gasteiger partial charge is 0.307 e. The van der Waals surface area contributed by atoms with E-state index < -0.39 is 23.8 Å². The first-order valence-electron chi connectivity index (χ1n) is 5.96. The lowest BCUT2D eigenvalue weighted by molar-refractivity contribution is -0.158. The molecule has 1 saturated carbocycles. The van der Waals surface area contributed by atoms with Gasteiger partial charge in [-0.25, -0.2) is 0 Å². The molecule has 4 atom stereocenters. The van der Waals surface area contributed by atoms with Crippen LogP contribution in [-0.4, -0.2) is 22.2 Å². The first-order chi connectivity index (χ1) is 7.51. The first-order valence-corrected chi connectivity index (χ1v) is 5.96. The molecule has 0 heterocycles. The Morgan fingerprint density at radius 1 is 0.938 bits per heavy atom. The minimum atomic E-state index is -0.958. The van der Waals surface area contributed by atoms with Crippen LogP contribution in [0.1, 0.15) is 39.5 Å². The van der Waals surface area contributed by atoms with Gasteiger partial charge in [-0.3, -0.25) is 9.59 Å². The van der Waals surface area contributed by atoms with E-state index in [9.17, 15) is 9.59 Å². The molecule has 1 fully saturated rings. The number of carboxylic acid groups (broad SMARTS) is 2. The zero-order valence-electron chi connectivity index (χ0n) is 9.85. The van der Waals surface area contributed by atoms with E-state index in [1.54, 1.807) is 0 Å². The molecule has 0 radical (unpaired) electrons. The van der Waals surface area contributed by atoms with Crippen LogP contribution in [0.2, 0.25) is 0 Å². The van der Waals surface area contributed by atoms with Gasteiger partial charge in [0.1, 0.15) is 0 Å². The van der Waals surface area contributed by atoms with E-state index in [4.69, 9.17) is 10.2 Å². The van der Waals surface area contributed by atoms with Gasteiger partial charge in [0.15, 0.2) is 0 Å². The van der Waals surface area contributed by atoms with Gasteiger partial charge in [-0.05, 0) is 24.7 Å². The van der Waals surface area contributed by atoms with E-state index >= 15 is 0 Å². The Kier molecular flexibility index (Phi) is 4.33. The molecular weight excluding hydrogens is 208 g/mol. The summed E-state index contributed by atoms with van der Waals surface area (Å²) in [6.07, 6.45) is 2.91. The average molecular weight is 228 g/mol. The van der Waals surface area contributed by atoms with Crippen molar-refractivity contribution in [2.24, 2.45) is 23.7 Å². The third-order valence-electron chi connectivity index (χ3n) is 3.95. The van der Waals surface area contributed by atoms with Crippen molar-refractivity contribution < 1.29 is 19.8 Å². The second-order valence-electron chi connectivity index (χ2n) is 4.70. The van der Waals surface area contributed by atoms with Crippen LogP contribution >= 0.6 is 0 Å². The van der Waals surface area contributed by atoms with E-state index in [0.717, 1.165) is 12.8 Å². The van der Waals surface area contributed by atoms with E-state index in [1.165, 1.54) is 0 Å². The third kappa shape index (κ3) is 2.54. The molecular formula is C12H20O4. The van der Waals surface area contributed by atoms with Crippen molar-refractivity contribution in [1.82, 2.24) is 0 Å². The molecule has 1 rings (SSSR count). The van der Waals surface area contributed by atoms with Crippen LogP contribution < -0.4 is 0 Å². The van der Waals surface area contributed by atoms with Gasteiger partial charge in [-0.2, -0.15) is 0 Å². The Morgan fingerprint density at radius 2 is 1.25 bits per heavy atom. The van der Waals surface area contributed by atoms with Crippen molar-refractivity contribution in [1.29, 1.82) is 0 Å². The summed E-state index contributed by atoms with van der Waals surface area (Å²) < 4.78 is 0. The number of aliphatic carboxylic acids is 2. The first kappa shape index (κ1) is 13.0. The largest absolute Gasteiger partial charge is 0.481 e. The van der Waals surface area contributed by atoms with Crippen molar-refractivity contribution in [3.63, 3.8) is 0 Å². The summed E-state index contributed by atoms with van der Waals surface area (Å²) in [5.41, 5.74) is 0. The predicted octanol–water partition coefficient (Wildman–Crippen LogP) is 2.23. The summed E-state index contributed by atoms with van der Waals surface area (Å²) in [6, 6.07) is 0. The molecule has 0 amide bonds. The highest BCUT2D eigenvalue weighted by atomic mass is 16.4. The van der Waals surface area contributed by atoms with Gasteiger partial charge in [-0.1, -0.05) is 26.7 Å². The monoisotopic (exact) mass is 228 g/mol. The van der Waals surface area contributed by atoms with Crippen molar-refractivity contribution in [2.75, 3.05) is 0 Å². The highest BCUT2D eigenvalue weighted by Crippen LogP contribution is 2.41. The lowest BCUT2D eigenvalue weighted by Gasteiger charge is -2.37. The molecule has 0 saturated heterocycles. The average Bonchev–Trinajstić information content (AvgIpc) is 2.26. The number of hydrogen-bond donors (Lipinski definition) is 2. The van der Waals surface area contributed by atoms with Crippen LogP contribution in [0.25, 0.3) is 0 Å². The van der Waals surface area contributed by atoms with Crippen molar-refractivity contribution in [2.45, 2.75) is 39.5 Å². The SMILES string of the molecule is CCC1CC(C(=O)O)C(C(=O)O)CC1CC. The number of rotatable bonds is 4. The van der Waals surface area contributed by atoms with Crippen LogP contribution in [-0.2, 0) is 9.59 Å². The highest BCUT2D eigenvalue weighted by molar-refractivity contribution is 5.80. The molecule has 0 aromatic heterocycles. The second kappa shape index (κ2) is 5.32. The van der Waals surface area contributed by atoms with Crippen molar-refractivity contribution in [3.05, 3.63) is 0 Å². The van der Waals surface area contributed by atoms with Crippen molar-refractivity contribution >= 4 is 11.9 Å². The summed E-state index contributed by atoms with van der Waals surface area (Å²) in [4.78, 5) is 22.1. The van der Waals surface area contributed by atoms with Gasteiger partial charge in [0.05, 0.1) is 11.8 Å². The Labute approximate surface area is 95.7 Å². The number of carboxylic acids is 2. The maximum atomic E-state index is 11.1. The van der Waals surface area contributed by atoms with Gasteiger partial charge in [-0.15, -0.1) is 0 Å². The lowest BCUT2D eigenvalue weighted by atomic mass is 9.66. The quantitative estimate of drug-likeness (QED) is 0.773. The fourth-order valence-corrected chi connectivity index (χ4v) is 2.91. The normalized spacial score (nSPS) is 34.6. The van der Waals surface area contributed by atoms with E-state index in [-0.39, 0.29) is 0 Å². The Morgan fingerprint density at radius 3 is 1.44 bits per heavy atom. The maximum absolute atomic E-state index is 11.1. The second-order valence-corrected chi connectivity index (χ2v) is 4.70. The summed E-state index contributed by atoms with van der Waals surface area (Å²) in [7, 11) is 0. The van der Waals surface area contributed by atoms with Gasteiger partial charge in [0.25, 0.3) is 0 Å². The van der Waals surface area contributed by atoms with Gasteiger partial charge >= 0.3 is 11.9 Å². The zero-order chi connectivity index (χ0) is 12.3. The lowest BCUT2D eigenvalue weighted by Crippen LogP contribution is -2.39. The highest BCUT2D eigenvalue weighted by Gasteiger charge is 2.42. The van der Waals surface area contributed by atoms with Gasteiger partial charge in [0.2, 0.25) is 0 Å². The minimum absolute atomic E-state index is 0.363. The minimum Gasteiger partial charge on any atom is -0.481 e. The van der Waals surface area contributed by atoms with Gasteiger partial charge < -0.3 is 10.2 Å². The fraction of sp³-hybridized carbons (Fsp3) is 0.833. The van der Waals surface area contributed by atoms with Gasteiger partial charge in [0, 0.05) is 0 Å². The molecule has 2 N–H and O–H groups in total. The van der Waals surface area contributed by atoms with Crippen LogP contribution in [0.3, 0.4) is 0 Å². The van der Waals surface area contributed by atoms with Crippen LogP contribution in [0.15, 0.2) is 0 Å². The van der Waals surface area contributed by atoms with Crippen molar-refractivity contribution in [3.8, 4) is 0 Å². The van der Waals surface area contributed by atoms with Crippen LogP contribution in [0.5, 0.6) is 0 Å². The predicted molar refractivity (Wildman–Crippen MR) is 59.0 cm³/mol. The molecule has 0 aromatic carbocycles. The summed E-state index contributed by atoms with van der Waals surface area (Å²) in [6.45, 7) is 4.10. The molecule has 92 valence electrons. The van der Waals surface area contributed by atoms with E-state index in [1.807, 2.05) is 13.8 Å². The molecule has 1 aliphatic carbocycles. The van der Waals surface area contributed by atoms with E-state index in [0.29, 0.717) is 24.7 Å². The van der Waals surface area contributed by atoms with E-state index in [2.05, 4.69) is 0 Å². The Hall–Kier alpha value is -1.06. The molecule has 0 bridgehead atoms. The topological polar surface area (TPSA) is 74.6 Å². The fourth-order valence-electron chi connectivity index (χ4n) is 2.91.